The predicted molar refractivity (Wildman–Crippen MR) is 130 cm³/mol. The van der Waals surface area contributed by atoms with Crippen LogP contribution in [0.1, 0.15) is 43.3 Å². The molecule has 2 rings (SSSR count). The van der Waals surface area contributed by atoms with Crippen molar-refractivity contribution in [1.82, 2.24) is 20.4 Å². The fraction of sp³-hybridized carbons (Fsp3) is 0.545. The van der Waals surface area contributed by atoms with E-state index in [-0.39, 0.29) is 35.4 Å². The summed E-state index contributed by atoms with van der Waals surface area (Å²) >= 11 is 0. The molecule has 0 amide bonds. The summed E-state index contributed by atoms with van der Waals surface area (Å²) in [4.78, 5) is 4.40. The minimum absolute atomic E-state index is 0. The van der Waals surface area contributed by atoms with Gasteiger partial charge in [-0.25, -0.2) is 0 Å². The number of hydrogen-bond donors (Lipinski definition) is 2. The second-order valence-corrected chi connectivity index (χ2v) is 8.27. The molecule has 0 spiro atoms. The highest BCUT2D eigenvalue weighted by atomic mass is 127. The number of benzene rings is 1. The quantitative estimate of drug-likeness (QED) is 0.345. The third-order valence-electron chi connectivity index (χ3n) is 5.04. The molecule has 5 nitrogen and oxygen atoms in total. The Bertz CT molecular complexity index is 765. The van der Waals surface area contributed by atoms with Crippen LogP contribution in [0.2, 0.25) is 0 Å². The van der Waals surface area contributed by atoms with E-state index < -0.39 is 0 Å². The van der Waals surface area contributed by atoms with E-state index in [4.69, 9.17) is 0 Å². The van der Waals surface area contributed by atoms with Gasteiger partial charge in [0, 0.05) is 32.4 Å². The van der Waals surface area contributed by atoms with Crippen molar-refractivity contribution in [3.05, 3.63) is 52.8 Å². The van der Waals surface area contributed by atoms with Gasteiger partial charge in [-0.2, -0.15) is 5.10 Å². The summed E-state index contributed by atoms with van der Waals surface area (Å²) in [5, 5.41) is 11.5. The van der Waals surface area contributed by atoms with Gasteiger partial charge in [0.05, 0.1) is 5.69 Å². The summed E-state index contributed by atoms with van der Waals surface area (Å²) in [6.07, 6.45) is 1.96. The van der Waals surface area contributed by atoms with Gasteiger partial charge in [0.1, 0.15) is 0 Å². The van der Waals surface area contributed by atoms with Gasteiger partial charge in [0.15, 0.2) is 5.96 Å². The van der Waals surface area contributed by atoms with Crippen LogP contribution in [0.25, 0.3) is 0 Å². The van der Waals surface area contributed by atoms with Crippen LogP contribution in [0.5, 0.6) is 0 Å². The number of aromatic nitrogens is 2. The summed E-state index contributed by atoms with van der Waals surface area (Å²) in [5.41, 5.74) is 5.16. The lowest BCUT2D eigenvalue weighted by Gasteiger charge is -2.27. The van der Waals surface area contributed by atoms with Gasteiger partial charge >= 0.3 is 0 Å². The topological polar surface area (TPSA) is 54.2 Å². The number of rotatable bonds is 7. The molecule has 0 bridgehead atoms. The van der Waals surface area contributed by atoms with Crippen LogP contribution in [-0.4, -0.2) is 35.4 Å². The van der Waals surface area contributed by atoms with Crippen molar-refractivity contribution in [3.63, 3.8) is 0 Å². The molecule has 2 aromatic rings. The molecule has 1 atom stereocenters. The molecule has 0 fully saturated rings. The summed E-state index contributed by atoms with van der Waals surface area (Å²) < 4.78 is 1.95. The van der Waals surface area contributed by atoms with Gasteiger partial charge in [-0.1, -0.05) is 44.2 Å². The molecule has 1 aromatic heterocycles. The Kier molecular flexibility index (Phi) is 9.47. The number of halogens is 1. The summed E-state index contributed by atoms with van der Waals surface area (Å²) in [7, 11) is 3.83. The van der Waals surface area contributed by atoms with Gasteiger partial charge in [0.25, 0.3) is 0 Å². The molecule has 0 aliphatic heterocycles. The molecule has 6 heteroatoms. The third-order valence-corrected chi connectivity index (χ3v) is 5.04. The van der Waals surface area contributed by atoms with Crippen molar-refractivity contribution >= 4 is 29.9 Å². The van der Waals surface area contributed by atoms with Gasteiger partial charge in [0.2, 0.25) is 0 Å². The Morgan fingerprint density at radius 2 is 1.86 bits per heavy atom. The third kappa shape index (κ3) is 7.11. The highest BCUT2D eigenvalue weighted by molar-refractivity contribution is 14.0. The fourth-order valence-electron chi connectivity index (χ4n) is 3.43. The number of hydrogen-bond acceptors (Lipinski definition) is 2. The second kappa shape index (κ2) is 10.8. The van der Waals surface area contributed by atoms with Crippen LogP contribution in [0.4, 0.5) is 0 Å². The normalized spacial score (nSPS) is 13.0. The standard InChI is InChI=1S/C22H35N5.HI/c1-16(13-20-17(2)26-27(7)18(20)3)25-21(23-6)24-15-22(4,5)14-19-11-9-8-10-12-19;/h8-12,16H,13-15H2,1-7H3,(H2,23,24,25);1H. The molecule has 156 valence electrons. The van der Waals surface area contributed by atoms with Crippen molar-refractivity contribution in [2.75, 3.05) is 13.6 Å². The first-order valence-electron chi connectivity index (χ1n) is 9.72. The first-order valence-corrected chi connectivity index (χ1v) is 9.72. The van der Waals surface area contributed by atoms with Crippen LogP contribution >= 0.6 is 24.0 Å². The van der Waals surface area contributed by atoms with Crippen LogP contribution in [0, 0.1) is 19.3 Å². The number of nitrogens with one attached hydrogen (secondary N) is 2. The monoisotopic (exact) mass is 497 g/mol. The molecular weight excluding hydrogens is 461 g/mol. The predicted octanol–water partition coefficient (Wildman–Crippen LogP) is 4.02. The zero-order valence-electron chi connectivity index (χ0n) is 18.3. The maximum Gasteiger partial charge on any atom is 0.191 e. The van der Waals surface area contributed by atoms with E-state index in [0.717, 1.165) is 31.0 Å². The second-order valence-electron chi connectivity index (χ2n) is 8.27. The number of aryl methyl sites for hydroxylation is 2. The lowest BCUT2D eigenvalue weighted by molar-refractivity contribution is 0.358. The molecule has 1 unspecified atom stereocenters. The van der Waals surface area contributed by atoms with E-state index in [1.54, 1.807) is 0 Å². The molecular formula is C22H36IN5. The van der Waals surface area contributed by atoms with Crippen LogP contribution in [-0.2, 0) is 19.9 Å². The molecule has 0 saturated heterocycles. The van der Waals surface area contributed by atoms with E-state index in [0.29, 0.717) is 0 Å². The summed E-state index contributed by atoms with van der Waals surface area (Å²) in [6.45, 7) is 11.8. The average molecular weight is 497 g/mol. The molecule has 28 heavy (non-hydrogen) atoms. The highest BCUT2D eigenvalue weighted by Gasteiger charge is 2.20. The zero-order chi connectivity index (χ0) is 20.0. The number of nitrogens with zero attached hydrogens (tertiary/aromatic N) is 3. The first kappa shape index (κ1) is 24.5. The molecule has 0 aliphatic carbocycles. The van der Waals surface area contributed by atoms with E-state index in [9.17, 15) is 0 Å². The summed E-state index contributed by atoms with van der Waals surface area (Å²) in [6, 6.07) is 10.9. The molecule has 0 saturated carbocycles. The van der Waals surface area contributed by atoms with E-state index in [1.807, 2.05) is 18.8 Å². The lowest BCUT2D eigenvalue weighted by Crippen LogP contribution is -2.46. The molecule has 0 radical (unpaired) electrons. The smallest absolute Gasteiger partial charge is 0.191 e. The van der Waals surface area contributed by atoms with E-state index in [1.165, 1.54) is 16.8 Å². The summed E-state index contributed by atoms with van der Waals surface area (Å²) in [5.74, 6) is 0.850. The Hall–Kier alpha value is -1.57. The van der Waals surface area contributed by atoms with Crippen LogP contribution in [0.15, 0.2) is 35.3 Å². The SMILES string of the molecule is CN=C(NCC(C)(C)Cc1ccccc1)NC(C)Cc1c(C)nn(C)c1C.I. The Labute approximate surface area is 187 Å². The number of guanidine groups is 1. The van der Waals surface area contributed by atoms with Crippen LogP contribution < -0.4 is 10.6 Å². The number of aliphatic imine (C=N–C) groups is 1. The van der Waals surface area contributed by atoms with Crippen molar-refractivity contribution in [1.29, 1.82) is 0 Å². The van der Waals surface area contributed by atoms with Gasteiger partial charge < -0.3 is 10.6 Å². The molecule has 0 aliphatic rings. The highest BCUT2D eigenvalue weighted by Crippen LogP contribution is 2.20. The first-order chi connectivity index (χ1) is 12.7. The lowest BCUT2D eigenvalue weighted by atomic mass is 9.86. The van der Waals surface area contributed by atoms with Crippen LogP contribution in [0.3, 0.4) is 0 Å². The Morgan fingerprint density at radius 3 is 2.39 bits per heavy atom. The minimum Gasteiger partial charge on any atom is -0.356 e. The molecule has 1 aromatic carbocycles. The molecule has 1 heterocycles. The van der Waals surface area contributed by atoms with Gasteiger partial charge in [-0.15, -0.1) is 24.0 Å². The Morgan fingerprint density at radius 1 is 1.21 bits per heavy atom. The van der Waals surface area contributed by atoms with Crippen molar-refractivity contribution in [3.8, 4) is 0 Å². The zero-order valence-corrected chi connectivity index (χ0v) is 20.7. The van der Waals surface area contributed by atoms with Crippen molar-refractivity contribution < 1.29 is 0 Å². The van der Waals surface area contributed by atoms with Gasteiger partial charge in [-0.05, 0) is 50.2 Å². The van der Waals surface area contributed by atoms with Crippen molar-refractivity contribution in [2.24, 2.45) is 17.5 Å². The average Bonchev–Trinajstić information content (AvgIpc) is 2.85. The van der Waals surface area contributed by atoms with E-state index >= 15 is 0 Å². The van der Waals surface area contributed by atoms with E-state index in [2.05, 4.69) is 85.7 Å². The minimum atomic E-state index is 0. The Balaban J connectivity index is 0.00000392. The van der Waals surface area contributed by atoms with Gasteiger partial charge in [-0.3, -0.25) is 9.67 Å². The fourth-order valence-corrected chi connectivity index (χ4v) is 3.43. The maximum atomic E-state index is 4.51. The largest absolute Gasteiger partial charge is 0.356 e. The maximum absolute atomic E-state index is 4.51. The molecule has 2 N–H and O–H groups in total. The van der Waals surface area contributed by atoms with Crippen molar-refractivity contribution in [2.45, 2.75) is 53.5 Å².